The predicted molar refractivity (Wildman–Crippen MR) is 86.4 cm³/mol. The Hall–Kier alpha value is -1.17. The normalized spacial score (nSPS) is 11.7. The summed E-state index contributed by atoms with van der Waals surface area (Å²) < 4.78 is 5.80. The first-order valence-electron chi connectivity index (χ1n) is 7.54. The Kier molecular flexibility index (Phi) is 5.96. The fourth-order valence-corrected chi connectivity index (χ4v) is 3.25. The number of hydrogen-bond acceptors (Lipinski definition) is 5. The van der Waals surface area contributed by atoms with E-state index in [1.54, 1.807) is 11.3 Å². The molecule has 0 aliphatic heterocycles. The number of rotatable bonds is 8. The van der Waals surface area contributed by atoms with E-state index in [9.17, 15) is 5.11 Å². The van der Waals surface area contributed by atoms with Crippen molar-refractivity contribution in [2.45, 2.75) is 46.2 Å². The summed E-state index contributed by atoms with van der Waals surface area (Å²) in [5.74, 6) is 1.57. The molecule has 21 heavy (non-hydrogen) atoms. The van der Waals surface area contributed by atoms with Gasteiger partial charge < -0.3 is 9.52 Å². The summed E-state index contributed by atoms with van der Waals surface area (Å²) in [6, 6.07) is 4.49. The largest absolute Gasteiger partial charge is 0.440 e. The third kappa shape index (κ3) is 3.93. The van der Waals surface area contributed by atoms with Gasteiger partial charge in [0.1, 0.15) is 5.76 Å². The molecule has 4 nitrogen and oxygen atoms in total. The summed E-state index contributed by atoms with van der Waals surface area (Å²) in [5, 5.41) is 11.3. The lowest BCUT2D eigenvalue weighted by Crippen LogP contribution is -2.36. The van der Waals surface area contributed by atoms with Gasteiger partial charge in [0.2, 0.25) is 5.89 Å². The second-order valence-electron chi connectivity index (χ2n) is 5.16. The first-order valence-corrected chi connectivity index (χ1v) is 8.42. The van der Waals surface area contributed by atoms with Crippen molar-refractivity contribution >= 4 is 11.3 Å². The molecule has 0 unspecified atom stereocenters. The average Bonchev–Trinajstić information content (AvgIpc) is 3.11. The van der Waals surface area contributed by atoms with Crippen LogP contribution in [0.5, 0.6) is 0 Å². The Morgan fingerprint density at radius 1 is 1.38 bits per heavy atom. The van der Waals surface area contributed by atoms with E-state index in [1.165, 1.54) is 0 Å². The third-order valence-corrected chi connectivity index (χ3v) is 4.68. The number of aryl methyl sites for hydroxylation is 1. The highest BCUT2D eigenvalue weighted by Crippen LogP contribution is 2.26. The SMILES string of the molecule is CCC(CC)N(CCO)Cc1nc(-c2cccs2)oc1C. The lowest BCUT2D eigenvalue weighted by Gasteiger charge is -2.29. The topological polar surface area (TPSA) is 49.5 Å². The van der Waals surface area contributed by atoms with Crippen molar-refractivity contribution < 1.29 is 9.52 Å². The van der Waals surface area contributed by atoms with Crippen molar-refractivity contribution in [3.8, 4) is 10.8 Å². The molecule has 116 valence electrons. The minimum Gasteiger partial charge on any atom is -0.440 e. The summed E-state index contributed by atoms with van der Waals surface area (Å²) in [6.45, 7) is 7.91. The highest BCUT2D eigenvalue weighted by atomic mass is 32.1. The van der Waals surface area contributed by atoms with Crippen LogP contribution in [0.25, 0.3) is 10.8 Å². The van der Waals surface area contributed by atoms with E-state index in [1.807, 2.05) is 24.4 Å². The van der Waals surface area contributed by atoms with Crippen LogP contribution in [0.1, 0.15) is 38.1 Å². The maximum Gasteiger partial charge on any atom is 0.236 e. The first kappa shape index (κ1) is 16.2. The van der Waals surface area contributed by atoms with Crippen LogP contribution in [0.3, 0.4) is 0 Å². The van der Waals surface area contributed by atoms with Gasteiger partial charge in [-0.05, 0) is 31.2 Å². The molecule has 0 atom stereocenters. The van der Waals surface area contributed by atoms with Gasteiger partial charge in [-0.2, -0.15) is 0 Å². The summed E-state index contributed by atoms with van der Waals surface area (Å²) in [6.07, 6.45) is 2.15. The van der Waals surface area contributed by atoms with E-state index in [0.717, 1.165) is 35.7 Å². The van der Waals surface area contributed by atoms with Gasteiger partial charge in [-0.3, -0.25) is 4.90 Å². The molecule has 5 heteroatoms. The highest BCUT2D eigenvalue weighted by Gasteiger charge is 2.19. The number of hydrogen-bond donors (Lipinski definition) is 1. The number of oxazole rings is 1. The van der Waals surface area contributed by atoms with Crippen molar-refractivity contribution in [1.82, 2.24) is 9.88 Å². The quantitative estimate of drug-likeness (QED) is 0.808. The molecule has 2 aromatic rings. The third-order valence-electron chi connectivity index (χ3n) is 3.82. The van der Waals surface area contributed by atoms with E-state index in [4.69, 9.17) is 4.42 Å². The molecule has 0 aromatic carbocycles. The second-order valence-corrected chi connectivity index (χ2v) is 6.11. The maximum atomic E-state index is 9.30. The van der Waals surface area contributed by atoms with Crippen LogP contribution in [-0.2, 0) is 6.54 Å². The monoisotopic (exact) mass is 308 g/mol. The predicted octanol–water partition coefficient (Wildman–Crippen LogP) is 3.69. The summed E-state index contributed by atoms with van der Waals surface area (Å²) in [4.78, 5) is 8.00. The fraction of sp³-hybridized carbons (Fsp3) is 0.562. The van der Waals surface area contributed by atoms with Gasteiger partial charge >= 0.3 is 0 Å². The summed E-state index contributed by atoms with van der Waals surface area (Å²) >= 11 is 1.63. The van der Waals surface area contributed by atoms with Crippen molar-refractivity contribution in [1.29, 1.82) is 0 Å². The highest BCUT2D eigenvalue weighted by molar-refractivity contribution is 7.13. The zero-order valence-corrected chi connectivity index (χ0v) is 13.8. The molecule has 0 saturated carbocycles. The van der Waals surface area contributed by atoms with Crippen molar-refractivity contribution in [2.24, 2.45) is 0 Å². The molecular weight excluding hydrogens is 284 g/mol. The van der Waals surface area contributed by atoms with Crippen molar-refractivity contribution in [2.75, 3.05) is 13.2 Å². The van der Waals surface area contributed by atoms with Gasteiger partial charge in [-0.1, -0.05) is 19.9 Å². The molecule has 0 spiro atoms. The molecule has 0 aliphatic rings. The minimum atomic E-state index is 0.172. The van der Waals surface area contributed by atoms with E-state index in [-0.39, 0.29) is 6.61 Å². The van der Waals surface area contributed by atoms with Crippen molar-refractivity contribution in [3.05, 3.63) is 29.0 Å². The Morgan fingerprint density at radius 2 is 2.14 bits per heavy atom. The summed E-state index contributed by atoms with van der Waals surface area (Å²) in [5.41, 5.74) is 0.971. The molecule has 0 amide bonds. The zero-order valence-electron chi connectivity index (χ0n) is 13.0. The van der Waals surface area contributed by atoms with Gasteiger partial charge in [0.15, 0.2) is 0 Å². The number of thiophene rings is 1. The Bertz CT molecular complexity index is 532. The van der Waals surface area contributed by atoms with Crippen LogP contribution in [0.15, 0.2) is 21.9 Å². The van der Waals surface area contributed by atoms with Crippen LogP contribution < -0.4 is 0 Å². The van der Waals surface area contributed by atoms with E-state index >= 15 is 0 Å². The standard InChI is InChI=1S/C16H24N2O2S/c1-4-13(5-2)18(8-9-19)11-14-12(3)20-16(17-14)15-7-6-10-21-15/h6-7,10,13,19H,4-5,8-9,11H2,1-3H3. The van der Waals surface area contributed by atoms with Gasteiger partial charge in [0.05, 0.1) is 17.2 Å². The number of aliphatic hydroxyl groups is 1. The second kappa shape index (κ2) is 7.73. The number of aliphatic hydroxyl groups excluding tert-OH is 1. The maximum absolute atomic E-state index is 9.30. The lowest BCUT2D eigenvalue weighted by atomic mass is 10.1. The molecule has 2 heterocycles. The van der Waals surface area contributed by atoms with Crippen molar-refractivity contribution in [3.63, 3.8) is 0 Å². The van der Waals surface area contributed by atoms with Gasteiger partial charge in [0.25, 0.3) is 0 Å². The molecular formula is C16H24N2O2S. The van der Waals surface area contributed by atoms with Crippen LogP contribution in [-0.4, -0.2) is 34.2 Å². The fourth-order valence-electron chi connectivity index (χ4n) is 2.60. The molecule has 0 aliphatic carbocycles. The van der Waals surface area contributed by atoms with E-state index in [0.29, 0.717) is 18.5 Å². The molecule has 2 rings (SSSR count). The molecule has 0 fully saturated rings. The Morgan fingerprint density at radius 3 is 2.71 bits per heavy atom. The van der Waals surface area contributed by atoms with Gasteiger partial charge in [0, 0.05) is 19.1 Å². The molecule has 0 radical (unpaired) electrons. The molecule has 0 bridgehead atoms. The summed E-state index contributed by atoms with van der Waals surface area (Å²) in [7, 11) is 0. The smallest absolute Gasteiger partial charge is 0.236 e. The van der Waals surface area contributed by atoms with Crippen LogP contribution in [0.4, 0.5) is 0 Å². The Labute approximate surface area is 130 Å². The zero-order chi connectivity index (χ0) is 15.2. The molecule has 2 aromatic heterocycles. The van der Waals surface area contributed by atoms with Crippen LogP contribution in [0.2, 0.25) is 0 Å². The van der Waals surface area contributed by atoms with Crippen LogP contribution in [0, 0.1) is 6.92 Å². The number of aromatic nitrogens is 1. The first-order chi connectivity index (χ1) is 10.2. The van der Waals surface area contributed by atoms with E-state index in [2.05, 4.69) is 23.7 Å². The van der Waals surface area contributed by atoms with Gasteiger partial charge in [-0.25, -0.2) is 4.98 Å². The van der Waals surface area contributed by atoms with E-state index < -0.39 is 0 Å². The van der Waals surface area contributed by atoms with Crippen LogP contribution >= 0.6 is 11.3 Å². The molecule has 0 saturated heterocycles. The molecule has 1 N–H and O–H groups in total. The minimum absolute atomic E-state index is 0.172. The number of nitrogens with zero attached hydrogens (tertiary/aromatic N) is 2. The Balaban J connectivity index is 2.17. The van der Waals surface area contributed by atoms with Gasteiger partial charge in [-0.15, -0.1) is 11.3 Å². The lowest BCUT2D eigenvalue weighted by molar-refractivity contribution is 0.135. The average molecular weight is 308 g/mol.